The topological polar surface area (TPSA) is 69.6 Å². The smallest absolute Gasteiger partial charge is 0.317 e. The molecule has 0 aromatic carbocycles. The number of piperidine rings is 1. The lowest BCUT2D eigenvalue weighted by Gasteiger charge is -2.35. The Morgan fingerprint density at radius 1 is 1.43 bits per heavy atom. The van der Waals surface area contributed by atoms with Crippen LogP contribution in [0, 0.1) is 17.8 Å². The van der Waals surface area contributed by atoms with Gasteiger partial charge in [0, 0.05) is 26.1 Å². The molecule has 1 fully saturated rings. The SMILES string of the molecule is CSCC(C)CNC(=O)N1CCCC(C(C)CC(=O)O)C1. The van der Waals surface area contributed by atoms with E-state index in [1.54, 1.807) is 11.8 Å². The number of carbonyl (C=O) groups is 2. The van der Waals surface area contributed by atoms with Gasteiger partial charge in [0.25, 0.3) is 0 Å². The fourth-order valence-electron chi connectivity index (χ4n) is 2.82. The van der Waals surface area contributed by atoms with Crippen LogP contribution in [0.2, 0.25) is 0 Å². The zero-order chi connectivity index (χ0) is 15.8. The van der Waals surface area contributed by atoms with Crippen LogP contribution in [0.4, 0.5) is 4.79 Å². The predicted octanol–water partition coefficient (Wildman–Crippen LogP) is 2.52. The van der Waals surface area contributed by atoms with Gasteiger partial charge >= 0.3 is 12.0 Å². The van der Waals surface area contributed by atoms with Crippen molar-refractivity contribution in [2.75, 3.05) is 31.6 Å². The Hall–Kier alpha value is -0.910. The van der Waals surface area contributed by atoms with Gasteiger partial charge in [0.2, 0.25) is 0 Å². The first kappa shape index (κ1) is 18.1. The number of aliphatic carboxylic acids is 1. The van der Waals surface area contributed by atoms with Gasteiger partial charge in [0.05, 0.1) is 0 Å². The molecule has 2 N–H and O–H groups in total. The summed E-state index contributed by atoms with van der Waals surface area (Å²) in [5.41, 5.74) is 0. The van der Waals surface area contributed by atoms with E-state index < -0.39 is 5.97 Å². The second-order valence-electron chi connectivity index (χ2n) is 6.17. The number of rotatable bonds is 7. The molecule has 0 aromatic rings. The first-order valence-corrected chi connectivity index (χ1v) is 9.07. The predicted molar refractivity (Wildman–Crippen MR) is 86.7 cm³/mol. The molecule has 1 aliphatic heterocycles. The maximum atomic E-state index is 12.2. The molecule has 0 radical (unpaired) electrons. The highest BCUT2D eigenvalue weighted by molar-refractivity contribution is 7.98. The van der Waals surface area contributed by atoms with Crippen molar-refractivity contribution in [2.45, 2.75) is 33.1 Å². The van der Waals surface area contributed by atoms with Gasteiger partial charge in [-0.1, -0.05) is 13.8 Å². The van der Waals surface area contributed by atoms with Crippen molar-refractivity contribution in [3.63, 3.8) is 0 Å². The van der Waals surface area contributed by atoms with E-state index in [4.69, 9.17) is 5.11 Å². The fraction of sp³-hybridized carbons (Fsp3) is 0.867. The monoisotopic (exact) mass is 316 g/mol. The number of carbonyl (C=O) groups excluding carboxylic acids is 1. The van der Waals surface area contributed by atoms with Crippen LogP contribution in [0.25, 0.3) is 0 Å². The van der Waals surface area contributed by atoms with Gasteiger partial charge < -0.3 is 15.3 Å². The molecule has 2 amide bonds. The number of hydrogen-bond acceptors (Lipinski definition) is 3. The summed E-state index contributed by atoms with van der Waals surface area (Å²) in [4.78, 5) is 24.8. The number of carboxylic acid groups (broad SMARTS) is 1. The minimum atomic E-state index is -0.755. The van der Waals surface area contributed by atoms with Gasteiger partial charge in [-0.2, -0.15) is 11.8 Å². The summed E-state index contributed by atoms with van der Waals surface area (Å²) >= 11 is 1.79. The number of nitrogens with zero attached hydrogens (tertiary/aromatic N) is 1. The highest BCUT2D eigenvalue weighted by Gasteiger charge is 2.28. The zero-order valence-electron chi connectivity index (χ0n) is 13.3. The van der Waals surface area contributed by atoms with Gasteiger partial charge in [-0.15, -0.1) is 0 Å². The number of thioether (sulfide) groups is 1. The van der Waals surface area contributed by atoms with E-state index in [0.29, 0.717) is 24.9 Å². The molecule has 0 saturated carbocycles. The minimum absolute atomic E-state index is 0.00446. The maximum Gasteiger partial charge on any atom is 0.317 e. The molecule has 5 nitrogen and oxygen atoms in total. The summed E-state index contributed by atoms with van der Waals surface area (Å²) in [7, 11) is 0. The quantitative estimate of drug-likeness (QED) is 0.757. The van der Waals surface area contributed by atoms with Gasteiger partial charge in [-0.25, -0.2) is 4.79 Å². The zero-order valence-corrected chi connectivity index (χ0v) is 14.1. The Balaban J connectivity index is 2.40. The number of nitrogens with one attached hydrogen (secondary N) is 1. The van der Waals surface area contributed by atoms with Crippen LogP contribution in [-0.2, 0) is 4.79 Å². The van der Waals surface area contributed by atoms with Crippen LogP contribution < -0.4 is 5.32 Å². The van der Waals surface area contributed by atoms with E-state index >= 15 is 0 Å². The number of amides is 2. The highest BCUT2D eigenvalue weighted by Crippen LogP contribution is 2.26. The molecular formula is C15H28N2O3S. The fourth-order valence-corrected chi connectivity index (χ4v) is 3.50. The van der Waals surface area contributed by atoms with Crippen molar-refractivity contribution in [3.8, 4) is 0 Å². The second-order valence-corrected chi connectivity index (χ2v) is 7.08. The molecule has 6 heteroatoms. The first-order chi connectivity index (χ1) is 9.93. The van der Waals surface area contributed by atoms with Gasteiger partial charge in [-0.05, 0) is 42.6 Å². The van der Waals surface area contributed by atoms with Crippen LogP contribution in [0.5, 0.6) is 0 Å². The minimum Gasteiger partial charge on any atom is -0.481 e. The van der Waals surface area contributed by atoms with E-state index in [1.807, 2.05) is 11.8 Å². The average molecular weight is 316 g/mol. The summed E-state index contributed by atoms with van der Waals surface area (Å²) in [5.74, 6) is 1.17. The third-order valence-corrected chi connectivity index (χ3v) is 5.00. The molecule has 1 heterocycles. The Kier molecular flexibility index (Phi) is 7.93. The third-order valence-electron chi connectivity index (χ3n) is 4.10. The van der Waals surface area contributed by atoms with Gasteiger partial charge in [0.15, 0.2) is 0 Å². The number of carboxylic acids is 1. The number of hydrogen-bond donors (Lipinski definition) is 2. The highest BCUT2D eigenvalue weighted by atomic mass is 32.2. The number of likely N-dealkylation sites (tertiary alicyclic amines) is 1. The van der Waals surface area contributed by atoms with Gasteiger partial charge in [-0.3, -0.25) is 4.79 Å². The first-order valence-electron chi connectivity index (χ1n) is 7.67. The standard InChI is InChI=1S/C15H28N2O3S/c1-11(10-21-3)8-16-15(20)17-6-4-5-13(9-17)12(2)7-14(18)19/h11-13H,4-10H2,1-3H3,(H,16,20)(H,18,19). The van der Waals surface area contributed by atoms with Crippen molar-refractivity contribution >= 4 is 23.8 Å². The van der Waals surface area contributed by atoms with Crippen molar-refractivity contribution in [2.24, 2.45) is 17.8 Å². The molecule has 1 saturated heterocycles. The second kappa shape index (κ2) is 9.18. The van der Waals surface area contributed by atoms with E-state index in [9.17, 15) is 9.59 Å². The summed E-state index contributed by atoms with van der Waals surface area (Å²) in [6, 6.07) is -0.00446. The molecule has 0 aromatic heterocycles. The van der Waals surface area contributed by atoms with Crippen LogP contribution in [0.1, 0.15) is 33.1 Å². The molecule has 1 aliphatic rings. The molecule has 0 bridgehead atoms. The molecule has 3 atom stereocenters. The van der Waals surface area contributed by atoms with E-state index in [2.05, 4.69) is 18.5 Å². The molecule has 0 aliphatic carbocycles. The molecular weight excluding hydrogens is 288 g/mol. The maximum absolute atomic E-state index is 12.2. The van der Waals surface area contributed by atoms with Crippen LogP contribution in [0.15, 0.2) is 0 Å². The lowest BCUT2D eigenvalue weighted by Crippen LogP contribution is -2.47. The normalized spacial score (nSPS) is 21.7. The Morgan fingerprint density at radius 2 is 2.14 bits per heavy atom. The molecule has 3 unspecified atom stereocenters. The molecule has 0 spiro atoms. The van der Waals surface area contributed by atoms with Gasteiger partial charge in [0.1, 0.15) is 0 Å². The lowest BCUT2D eigenvalue weighted by atomic mass is 9.85. The van der Waals surface area contributed by atoms with E-state index in [0.717, 1.165) is 25.1 Å². The Bertz CT molecular complexity index is 352. The Morgan fingerprint density at radius 3 is 2.76 bits per heavy atom. The van der Waals surface area contributed by atoms with E-state index in [-0.39, 0.29) is 18.4 Å². The summed E-state index contributed by atoms with van der Waals surface area (Å²) < 4.78 is 0. The summed E-state index contributed by atoms with van der Waals surface area (Å²) in [6.07, 6.45) is 4.23. The summed E-state index contributed by atoms with van der Waals surface area (Å²) in [5, 5.41) is 11.9. The van der Waals surface area contributed by atoms with Crippen LogP contribution in [0.3, 0.4) is 0 Å². The van der Waals surface area contributed by atoms with Crippen molar-refractivity contribution in [1.29, 1.82) is 0 Å². The largest absolute Gasteiger partial charge is 0.481 e. The van der Waals surface area contributed by atoms with Crippen molar-refractivity contribution in [3.05, 3.63) is 0 Å². The van der Waals surface area contributed by atoms with Crippen LogP contribution >= 0.6 is 11.8 Å². The molecule has 122 valence electrons. The van der Waals surface area contributed by atoms with E-state index in [1.165, 1.54) is 0 Å². The Labute approximate surface area is 131 Å². The summed E-state index contributed by atoms with van der Waals surface area (Å²) in [6.45, 7) is 6.26. The molecule has 1 rings (SSSR count). The van der Waals surface area contributed by atoms with Crippen LogP contribution in [-0.4, -0.2) is 53.6 Å². The van der Waals surface area contributed by atoms with Crippen molar-refractivity contribution < 1.29 is 14.7 Å². The third kappa shape index (κ3) is 6.59. The molecule has 21 heavy (non-hydrogen) atoms. The van der Waals surface area contributed by atoms with Crippen molar-refractivity contribution in [1.82, 2.24) is 10.2 Å². The number of urea groups is 1. The lowest BCUT2D eigenvalue weighted by molar-refractivity contribution is -0.138. The average Bonchev–Trinajstić information content (AvgIpc) is 2.44.